The van der Waals surface area contributed by atoms with Crippen molar-refractivity contribution in [2.24, 2.45) is 5.92 Å². The van der Waals surface area contributed by atoms with Gasteiger partial charge in [-0.2, -0.15) is 0 Å². The summed E-state index contributed by atoms with van der Waals surface area (Å²) in [6.07, 6.45) is 5.96. The first-order valence-electron chi connectivity index (χ1n) is 5.01. The van der Waals surface area contributed by atoms with Crippen molar-refractivity contribution < 1.29 is 0 Å². The molecule has 0 amide bonds. The molecular weight excluding hydrogens is 160 g/mol. The highest BCUT2D eigenvalue weighted by molar-refractivity contribution is 5.05. The van der Waals surface area contributed by atoms with Crippen LogP contribution < -0.4 is 0 Å². The molecule has 0 aliphatic carbocycles. The molecule has 0 spiro atoms. The average molecular weight is 178 g/mol. The molecule has 0 fully saturated rings. The molecule has 2 atom stereocenters. The van der Waals surface area contributed by atoms with Crippen LogP contribution in [0.5, 0.6) is 0 Å². The van der Waals surface area contributed by atoms with Crippen molar-refractivity contribution in [3.8, 4) is 0 Å². The monoisotopic (exact) mass is 178 g/mol. The maximum Gasteiger partial charge on any atom is 0.115 e. The van der Waals surface area contributed by atoms with Gasteiger partial charge in [-0.15, -0.1) is 0 Å². The summed E-state index contributed by atoms with van der Waals surface area (Å²) >= 11 is 0. The SMILES string of the molecule is CCCC(C)C(C)c1ccncn1. The second-order valence-corrected chi connectivity index (χ2v) is 3.69. The van der Waals surface area contributed by atoms with Crippen molar-refractivity contribution in [3.05, 3.63) is 24.3 Å². The van der Waals surface area contributed by atoms with E-state index in [1.807, 2.05) is 12.3 Å². The van der Waals surface area contributed by atoms with E-state index in [-0.39, 0.29) is 0 Å². The highest BCUT2D eigenvalue weighted by atomic mass is 14.8. The van der Waals surface area contributed by atoms with Crippen LogP contribution in [-0.2, 0) is 0 Å². The molecule has 0 saturated heterocycles. The largest absolute Gasteiger partial charge is 0.245 e. The molecule has 1 heterocycles. The average Bonchev–Trinajstić information content (AvgIpc) is 2.18. The van der Waals surface area contributed by atoms with Gasteiger partial charge in [0.05, 0.1) is 0 Å². The summed E-state index contributed by atoms with van der Waals surface area (Å²) in [5, 5.41) is 0. The van der Waals surface area contributed by atoms with Crippen LogP contribution in [0.4, 0.5) is 0 Å². The van der Waals surface area contributed by atoms with E-state index in [9.17, 15) is 0 Å². The fraction of sp³-hybridized carbons (Fsp3) is 0.636. The third kappa shape index (κ3) is 2.79. The highest BCUT2D eigenvalue weighted by Crippen LogP contribution is 2.25. The Morgan fingerprint density at radius 1 is 1.38 bits per heavy atom. The van der Waals surface area contributed by atoms with Crippen LogP contribution >= 0.6 is 0 Å². The van der Waals surface area contributed by atoms with Gasteiger partial charge >= 0.3 is 0 Å². The lowest BCUT2D eigenvalue weighted by Gasteiger charge is -2.18. The van der Waals surface area contributed by atoms with Gasteiger partial charge < -0.3 is 0 Å². The standard InChI is InChI=1S/C11H18N2/c1-4-5-9(2)10(3)11-6-7-12-8-13-11/h6-10H,4-5H2,1-3H3. The third-order valence-electron chi connectivity index (χ3n) is 2.67. The van der Waals surface area contributed by atoms with Crippen LogP contribution in [0, 0.1) is 5.92 Å². The minimum absolute atomic E-state index is 0.544. The normalized spacial score (nSPS) is 15.3. The first kappa shape index (κ1) is 10.2. The molecule has 72 valence electrons. The van der Waals surface area contributed by atoms with E-state index in [1.54, 1.807) is 6.33 Å². The zero-order valence-electron chi connectivity index (χ0n) is 8.70. The van der Waals surface area contributed by atoms with Gasteiger partial charge in [-0.05, 0) is 12.0 Å². The summed E-state index contributed by atoms with van der Waals surface area (Å²) in [7, 11) is 0. The molecule has 13 heavy (non-hydrogen) atoms. The van der Waals surface area contributed by atoms with Crippen LogP contribution in [0.15, 0.2) is 18.6 Å². The first-order chi connectivity index (χ1) is 6.25. The molecule has 1 aromatic rings. The van der Waals surface area contributed by atoms with Crippen LogP contribution in [0.1, 0.15) is 45.2 Å². The van der Waals surface area contributed by atoms with Crippen LogP contribution in [0.25, 0.3) is 0 Å². The number of rotatable bonds is 4. The van der Waals surface area contributed by atoms with Crippen LogP contribution in [-0.4, -0.2) is 9.97 Å². The van der Waals surface area contributed by atoms with Crippen molar-refractivity contribution >= 4 is 0 Å². The second-order valence-electron chi connectivity index (χ2n) is 3.69. The molecule has 0 aliphatic rings. The third-order valence-corrected chi connectivity index (χ3v) is 2.67. The van der Waals surface area contributed by atoms with Gasteiger partial charge in [-0.1, -0.05) is 33.6 Å². The van der Waals surface area contributed by atoms with E-state index in [2.05, 4.69) is 30.7 Å². The van der Waals surface area contributed by atoms with Crippen molar-refractivity contribution in [2.75, 3.05) is 0 Å². The Bertz CT molecular complexity index is 233. The summed E-state index contributed by atoms with van der Waals surface area (Å²) in [5.41, 5.74) is 1.16. The Morgan fingerprint density at radius 2 is 2.15 bits per heavy atom. The summed E-state index contributed by atoms with van der Waals surface area (Å²) in [4.78, 5) is 8.19. The highest BCUT2D eigenvalue weighted by Gasteiger charge is 2.13. The summed E-state index contributed by atoms with van der Waals surface area (Å²) in [6.45, 7) is 6.75. The molecule has 2 unspecified atom stereocenters. The Hall–Kier alpha value is -0.920. The van der Waals surface area contributed by atoms with Gasteiger partial charge in [-0.3, -0.25) is 0 Å². The molecule has 0 bridgehead atoms. The van der Waals surface area contributed by atoms with E-state index in [1.165, 1.54) is 12.8 Å². The number of nitrogens with zero attached hydrogens (tertiary/aromatic N) is 2. The minimum Gasteiger partial charge on any atom is -0.245 e. The van der Waals surface area contributed by atoms with Gasteiger partial charge in [0.1, 0.15) is 6.33 Å². The number of hydrogen-bond acceptors (Lipinski definition) is 2. The van der Waals surface area contributed by atoms with Gasteiger partial charge in [0.25, 0.3) is 0 Å². The molecule has 2 heteroatoms. The Labute approximate surface area is 80.4 Å². The first-order valence-corrected chi connectivity index (χ1v) is 5.01. The van der Waals surface area contributed by atoms with E-state index in [0.717, 1.165) is 5.69 Å². The van der Waals surface area contributed by atoms with Crippen molar-refractivity contribution in [1.29, 1.82) is 0 Å². The molecule has 1 rings (SSSR count). The maximum atomic E-state index is 4.27. The smallest absolute Gasteiger partial charge is 0.115 e. The summed E-state index contributed by atoms with van der Waals surface area (Å²) < 4.78 is 0. The second kappa shape index (κ2) is 4.95. The molecule has 2 nitrogen and oxygen atoms in total. The van der Waals surface area contributed by atoms with E-state index < -0.39 is 0 Å². The number of hydrogen-bond donors (Lipinski definition) is 0. The molecule has 0 N–H and O–H groups in total. The van der Waals surface area contributed by atoms with Crippen molar-refractivity contribution in [2.45, 2.75) is 39.5 Å². The predicted octanol–water partition coefficient (Wildman–Crippen LogP) is 3.02. The van der Waals surface area contributed by atoms with Crippen molar-refractivity contribution in [3.63, 3.8) is 0 Å². The Kier molecular flexibility index (Phi) is 3.87. The summed E-state index contributed by atoms with van der Waals surface area (Å²) in [5.74, 6) is 1.25. The lowest BCUT2D eigenvalue weighted by atomic mass is 9.89. The minimum atomic E-state index is 0.544. The molecule has 0 saturated carbocycles. The zero-order valence-corrected chi connectivity index (χ0v) is 8.70. The molecule has 1 aromatic heterocycles. The quantitative estimate of drug-likeness (QED) is 0.708. The maximum absolute atomic E-state index is 4.27. The Morgan fingerprint density at radius 3 is 2.69 bits per heavy atom. The van der Waals surface area contributed by atoms with Crippen molar-refractivity contribution in [1.82, 2.24) is 9.97 Å². The van der Waals surface area contributed by atoms with Crippen LogP contribution in [0.3, 0.4) is 0 Å². The van der Waals surface area contributed by atoms with Crippen LogP contribution in [0.2, 0.25) is 0 Å². The summed E-state index contributed by atoms with van der Waals surface area (Å²) in [6, 6.07) is 2.01. The van der Waals surface area contributed by atoms with Gasteiger partial charge in [0.15, 0.2) is 0 Å². The lowest BCUT2D eigenvalue weighted by Crippen LogP contribution is -2.07. The molecule has 0 aromatic carbocycles. The Balaban J connectivity index is 2.62. The van der Waals surface area contributed by atoms with Gasteiger partial charge in [0, 0.05) is 17.8 Å². The zero-order chi connectivity index (χ0) is 9.68. The molecule has 0 aliphatic heterocycles. The van der Waals surface area contributed by atoms with E-state index >= 15 is 0 Å². The fourth-order valence-corrected chi connectivity index (χ4v) is 1.57. The topological polar surface area (TPSA) is 25.8 Å². The van der Waals surface area contributed by atoms with Gasteiger partial charge in [0.2, 0.25) is 0 Å². The fourth-order valence-electron chi connectivity index (χ4n) is 1.57. The van der Waals surface area contributed by atoms with E-state index in [0.29, 0.717) is 11.8 Å². The molecule has 0 radical (unpaired) electrons. The van der Waals surface area contributed by atoms with Gasteiger partial charge in [-0.25, -0.2) is 9.97 Å². The lowest BCUT2D eigenvalue weighted by molar-refractivity contribution is 0.440. The predicted molar refractivity (Wildman–Crippen MR) is 54.5 cm³/mol. The number of aromatic nitrogens is 2. The molecular formula is C11H18N2. The van der Waals surface area contributed by atoms with E-state index in [4.69, 9.17) is 0 Å².